The van der Waals surface area contributed by atoms with Crippen molar-refractivity contribution < 1.29 is 14.3 Å². The maximum atomic E-state index is 10.8. The Morgan fingerprint density at radius 2 is 2.12 bits per heavy atom. The van der Waals surface area contributed by atoms with Gasteiger partial charge in [0.1, 0.15) is 12.4 Å². The molecular weight excluding hydrogens is 272 g/mol. The third-order valence-corrected chi connectivity index (χ3v) is 2.57. The minimum absolute atomic E-state index is 0.448. The second kappa shape index (κ2) is 7.41. The Hall–Kier alpha value is -0.870. The van der Waals surface area contributed by atoms with E-state index < -0.39 is 0 Å². The van der Waals surface area contributed by atoms with Crippen molar-refractivity contribution in [1.29, 1.82) is 0 Å². The molecule has 3 nitrogen and oxygen atoms in total. The Kier molecular flexibility index (Phi) is 6.11. The molecule has 0 aliphatic carbocycles. The van der Waals surface area contributed by atoms with Gasteiger partial charge in [-0.2, -0.15) is 0 Å². The maximum absolute atomic E-state index is 10.8. The van der Waals surface area contributed by atoms with E-state index in [1.165, 1.54) is 0 Å². The molecule has 0 bridgehead atoms. The van der Waals surface area contributed by atoms with E-state index in [0.717, 1.165) is 23.8 Å². The van der Waals surface area contributed by atoms with Gasteiger partial charge in [0, 0.05) is 6.61 Å². The number of hydrogen-bond acceptors (Lipinski definition) is 3. The Labute approximate surface area is 104 Å². The van der Waals surface area contributed by atoms with Crippen molar-refractivity contribution in [2.75, 3.05) is 19.8 Å². The number of aldehydes is 1. The van der Waals surface area contributed by atoms with Gasteiger partial charge in [-0.3, -0.25) is 4.79 Å². The minimum Gasteiger partial charge on any atom is -0.489 e. The predicted molar refractivity (Wildman–Crippen MR) is 66.1 cm³/mol. The summed E-state index contributed by atoms with van der Waals surface area (Å²) in [6, 6.07) is 5.36. The zero-order chi connectivity index (χ0) is 11.8. The molecule has 0 spiro atoms. The van der Waals surface area contributed by atoms with Crippen LogP contribution in [0.1, 0.15) is 23.7 Å². The van der Waals surface area contributed by atoms with Crippen molar-refractivity contribution in [1.82, 2.24) is 0 Å². The third kappa shape index (κ3) is 3.94. The molecule has 0 heterocycles. The van der Waals surface area contributed by atoms with Crippen molar-refractivity contribution >= 4 is 22.2 Å². The van der Waals surface area contributed by atoms with Crippen LogP contribution in [0.2, 0.25) is 0 Å². The van der Waals surface area contributed by atoms with Gasteiger partial charge in [-0.15, -0.1) is 0 Å². The van der Waals surface area contributed by atoms with Gasteiger partial charge in [0.2, 0.25) is 0 Å². The molecule has 0 atom stereocenters. The van der Waals surface area contributed by atoms with Crippen LogP contribution >= 0.6 is 15.9 Å². The molecule has 0 unspecified atom stereocenters. The van der Waals surface area contributed by atoms with Crippen LogP contribution in [0.4, 0.5) is 0 Å². The molecule has 0 saturated heterocycles. The van der Waals surface area contributed by atoms with E-state index in [1.54, 1.807) is 12.1 Å². The summed E-state index contributed by atoms with van der Waals surface area (Å²) in [7, 11) is 0. The smallest absolute Gasteiger partial charge is 0.153 e. The second-order valence-corrected chi connectivity index (χ2v) is 4.09. The molecule has 0 aromatic heterocycles. The highest BCUT2D eigenvalue weighted by atomic mass is 79.9. The molecule has 4 heteroatoms. The van der Waals surface area contributed by atoms with Crippen LogP contribution in [0, 0.1) is 0 Å². The number of benzene rings is 1. The van der Waals surface area contributed by atoms with Gasteiger partial charge in [0.25, 0.3) is 0 Å². The first-order chi connectivity index (χ1) is 7.79. The van der Waals surface area contributed by atoms with Crippen molar-refractivity contribution in [3.05, 3.63) is 28.2 Å². The monoisotopic (exact) mass is 286 g/mol. The number of rotatable bonds is 7. The fraction of sp³-hybridized carbons (Fsp3) is 0.417. The zero-order valence-corrected chi connectivity index (χ0v) is 10.8. The Morgan fingerprint density at radius 3 is 2.81 bits per heavy atom. The Morgan fingerprint density at radius 1 is 1.31 bits per heavy atom. The fourth-order valence-electron chi connectivity index (χ4n) is 1.22. The van der Waals surface area contributed by atoms with Crippen molar-refractivity contribution in [2.45, 2.75) is 13.3 Å². The van der Waals surface area contributed by atoms with Crippen LogP contribution in [0.15, 0.2) is 22.7 Å². The largest absolute Gasteiger partial charge is 0.489 e. The normalized spacial score (nSPS) is 10.1. The second-order valence-electron chi connectivity index (χ2n) is 3.24. The molecule has 0 radical (unpaired) electrons. The van der Waals surface area contributed by atoms with E-state index >= 15 is 0 Å². The number of halogens is 1. The summed E-state index contributed by atoms with van der Waals surface area (Å²) in [6.45, 7) is 3.77. The first-order valence-electron chi connectivity index (χ1n) is 5.23. The van der Waals surface area contributed by atoms with Gasteiger partial charge in [-0.05, 0) is 34.5 Å². The lowest BCUT2D eigenvalue weighted by molar-refractivity contribution is 0.0989. The summed E-state index contributed by atoms with van der Waals surface area (Å²) in [6.07, 6.45) is 1.78. The lowest BCUT2D eigenvalue weighted by atomic mass is 10.2. The van der Waals surface area contributed by atoms with Gasteiger partial charge >= 0.3 is 0 Å². The van der Waals surface area contributed by atoms with Gasteiger partial charge < -0.3 is 9.47 Å². The Bertz CT molecular complexity index is 339. The van der Waals surface area contributed by atoms with Gasteiger partial charge in [0.05, 0.1) is 16.6 Å². The molecule has 0 aliphatic heterocycles. The van der Waals surface area contributed by atoms with E-state index in [-0.39, 0.29) is 0 Å². The average Bonchev–Trinajstić information content (AvgIpc) is 2.30. The highest BCUT2D eigenvalue weighted by Gasteiger charge is 2.06. The van der Waals surface area contributed by atoms with Crippen LogP contribution in [-0.4, -0.2) is 26.1 Å². The number of hydrogen-bond donors (Lipinski definition) is 0. The molecule has 16 heavy (non-hydrogen) atoms. The van der Waals surface area contributed by atoms with Crippen LogP contribution in [0.3, 0.4) is 0 Å². The molecule has 0 aliphatic rings. The third-order valence-electron chi connectivity index (χ3n) is 1.95. The first kappa shape index (κ1) is 13.2. The predicted octanol–water partition coefficient (Wildman–Crippen LogP) is 3.07. The van der Waals surface area contributed by atoms with Crippen LogP contribution < -0.4 is 4.74 Å². The quantitative estimate of drug-likeness (QED) is 0.571. The molecule has 1 rings (SSSR count). The standard InChI is InChI=1S/C12H15BrO3/c1-2-6-15-7-8-16-12-10(9-14)4-3-5-11(12)13/h3-5,9H,2,6-8H2,1H3. The van der Waals surface area contributed by atoms with Gasteiger partial charge in [-0.1, -0.05) is 13.0 Å². The number of ether oxygens (including phenoxy) is 2. The number of para-hydroxylation sites is 1. The minimum atomic E-state index is 0.448. The van der Waals surface area contributed by atoms with Crippen LogP contribution in [-0.2, 0) is 4.74 Å². The average molecular weight is 287 g/mol. The summed E-state index contributed by atoms with van der Waals surface area (Å²) in [5.41, 5.74) is 0.546. The topological polar surface area (TPSA) is 35.5 Å². The summed E-state index contributed by atoms with van der Waals surface area (Å²) in [4.78, 5) is 10.8. The summed E-state index contributed by atoms with van der Waals surface area (Å²) in [5, 5.41) is 0. The van der Waals surface area contributed by atoms with Crippen molar-refractivity contribution in [2.24, 2.45) is 0 Å². The summed E-state index contributed by atoms with van der Waals surface area (Å²) >= 11 is 3.35. The molecule has 1 aromatic rings. The highest BCUT2D eigenvalue weighted by Crippen LogP contribution is 2.27. The van der Waals surface area contributed by atoms with E-state index in [0.29, 0.717) is 24.5 Å². The van der Waals surface area contributed by atoms with Gasteiger partial charge in [0.15, 0.2) is 6.29 Å². The van der Waals surface area contributed by atoms with Crippen molar-refractivity contribution in [3.8, 4) is 5.75 Å². The molecule has 0 saturated carbocycles. The van der Waals surface area contributed by atoms with E-state index in [4.69, 9.17) is 9.47 Å². The Balaban J connectivity index is 2.49. The van der Waals surface area contributed by atoms with E-state index in [1.807, 2.05) is 6.07 Å². The SMILES string of the molecule is CCCOCCOc1c(Br)cccc1C=O. The van der Waals surface area contributed by atoms with E-state index in [9.17, 15) is 4.79 Å². The van der Waals surface area contributed by atoms with Gasteiger partial charge in [-0.25, -0.2) is 0 Å². The molecule has 88 valence electrons. The zero-order valence-electron chi connectivity index (χ0n) is 9.24. The molecule has 0 amide bonds. The van der Waals surface area contributed by atoms with E-state index in [2.05, 4.69) is 22.9 Å². The molecule has 1 aromatic carbocycles. The number of carbonyl (C=O) groups is 1. The highest BCUT2D eigenvalue weighted by molar-refractivity contribution is 9.10. The molecule has 0 N–H and O–H groups in total. The first-order valence-corrected chi connectivity index (χ1v) is 6.03. The van der Waals surface area contributed by atoms with Crippen molar-refractivity contribution in [3.63, 3.8) is 0 Å². The maximum Gasteiger partial charge on any atom is 0.153 e. The summed E-state index contributed by atoms with van der Waals surface area (Å²) in [5.74, 6) is 0.581. The lowest BCUT2D eigenvalue weighted by Crippen LogP contribution is -2.08. The van der Waals surface area contributed by atoms with Crippen LogP contribution in [0.5, 0.6) is 5.75 Å². The van der Waals surface area contributed by atoms with Crippen LogP contribution in [0.25, 0.3) is 0 Å². The fourth-order valence-corrected chi connectivity index (χ4v) is 1.72. The molecular formula is C12H15BrO3. The summed E-state index contributed by atoms with van der Waals surface area (Å²) < 4.78 is 11.6. The number of carbonyl (C=O) groups excluding carboxylic acids is 1. The molecule has 0 fully saturated rings. The lowest BCUT2D eigenvalue weighted by Gasteiger charge is -2.10.